The van der Waals surface area contributed by atoms with Gasteiger partial charge in [0.2, 0.25) is 5.95 Å². The minimum atomic E-state index is -1.25. The van der Waals surface area contributed by atoms with E-state index in [0.717, 1.165) is 0 Å². The van der Waals surface area contributed by atoms with Crippen LogP contribution in [0, 0.1) is 6.92 Å². The molecule has 0 aromatic carbocycles. The van der Waals surface area contributed by atoms with Crippen molar-refractivity contribution in [3.8, 4) is 0 Å². The molecule has 9 nitrogen and oxygen atoms in total. The minimum absolute atomic E-state index is 0.186. The van der Waals surface area contributed by atoms with E-state index in [-0.39, 0.29) is 5.95 Å². The molecule has 0 unspecified atom stereocenters. The van der Waals surface area contributed by atoms with Gasteiger partial charge in [-0.3, -0.25) is 9.36 Å². The molecular formula is C12H20N4O5. The predicted molar refractivity (Wildman–Crippen MR) is 73.8 cm³/mol. The summed E-state index contributed by atoms with van der Waals surface area (Å²) in [6, 6.07) is 0. The highest BCUT2D eigenvalue weighted by Gasteiger charge is 2.43. The van der Waals surface area contributed by atoms with Crippen molar-refractivity contribution in [3.05, 3.63) is 22.1 Å². The molecule has 0 saturated carbocycles. The molecule has 0 aliphatic carbocycles. The maximum absolute atomic E-state index is 11.6. The zero-order valence-corrected chi connectivity index (χ0v) is 11.6. The topological polar surface area (TPSA) is 143 Å². The van der Waals surface area contributed by atoms with Crippen molar-refractivity contribution in [1.82, 2.24) is 9.55 Å². The van der Waals surface area contributed by atoms with Crippen molar-refractivity contribution in [1.29, 1.82) is 0 Å². The van der Waals surface area contributed by atoms with Gasteiger partial charge in [-0.1, -0.05) is 0 Å². The van der Waals surface area contributed by atoms with E-state index in [4.69, 9.17) is 15.6 Å². The van der Waals surface area contributed by atoms with E-state index in [0.29, 0.717) is 18.7 Å². The summed E-state index contributed by atoms with van der Waals surface area (Å²) >= 11 is 0. The van der Waals surface area contributed by atoms with Crippen LogP contribution in [0.3, 0.4) is 0 Å². The lowest BCUT2D eigenvalue weighted by atomic mass is 10.1. The number of hydrogen-bond acceptors (Lipinski definition) is 8. The quantitative estimate of drug-likeness (QED) is 0.403. The third kappa shape index (κ3) is 3.06. The van der Waals surface area contributed by atoms with E-state index < -0.39 is 36.7 Å². The van der Waals surface area contributed by atoms with E-state index in [1.54, 1.807) is 6.92 Å². The van der Waals surface area contributed by atoms with Crippen molar-refractivity contribution in [2.45, 2.75) is 31.5 Å². The molecule has 118 valence electrons. The highest BCUT2D eigenvalue weighted by molar-refractivity contribution is 5.28. The molecule has 1 saturated heterocycles. The highest BCUT2D eigenvalue weighted by atomic mass is 16.6. The van der Waals surface area contributed by atoms with Gasteiger partial charge in [-0.25, -0.2) is 0 Å². The molecule has 9 heteroatoms. The number of rotatable bonds is 5. The summed E-state index contributed by atoms with van der Waals surface area (Å²) in [4.78, 5) is 15.5. The first-order chi connectivity index (χ1) is 9.99. The summed E-state index contributed by atoms with van der Waals surface area (Å²) in [5.41, 5.74) is 5.37. The lowest BCUT2D eigenvalue weighted by Gasteiger charge is -2.22. The minimum Gasteiger partial charge on any atom is -0.394 e. The Hall–Kier alpha value is -1.52. The second kappa shape index (κ2) is 6.50. The van der Waals surface area contributed by atoms with Crippen molar-refractivity contribution in [2.24, 2.45) is 5.73 Å². The molecule has 1 aliphatic heterocycles. The lowest BCUT2D eigenvalue weighted by molar-refractivity contribution is -0.0524. The van der Waals surface area contributed by atoms with Crippen LogP contribution in [0.25, 0.3) is 0 Å². The second-order valence-electron chi connectivity index (χ2n) is 4.90. The average Bonchev–Trinajstić information content (AvgIpc) is 2.75. The van der Waals surface area contributed by atoms with Gasteiger partial charge in [0.15, 0.2) is 6.23 Å². The monoisotopic (exact) mass is 300 g/mol. The van der Waals surface area contributed by atoms with Crippen LogP contribution in [-0.4, -0.2) is 62.9 Å². The molecular weight excluding hydrogens is 280 g/mol. The summed E-state index contributed by atoms with van der Waals surface area (Å²) in [7, 11) is 0. The first-order valence-electron chi connectivity index (χ1n) is 6.65. The van der Waals surface area contributed by atoms with Gasteiger partial charge in [-0.2, -0.15) is 4.98 Å². The van der Waals surface area contributed by atoms with E-state index in [2.05, 4.69) is 10.3 Å². The molecule has 0 amide bonds. The molecule has 0 radical (unpaired) electrons. The van der Waals surface area contributed by atoms with Gasteiger partial charge < -0.3 is 31.1 Å². The maximum atomic E-state index is 11.6. The number of ether oxygens (including phenoxy) is 1. The van der Waals surface area contributed by atoms with E-state index in [9.17, 15) is 15.0 Å². The first kappa shape index (κ1) is 15.9. The molecule has 2 heterocycles. The fourth-order valence-electron chi connectivity index (χ4n) is 2.19. The molecule has 21 heavy (non-hydrogen) atoms. The zero-order chi connectivity index (χ0) is 15.6. The van der Waals surface area contributed by atoms with Gasteiger partial charge in [-0.05, 0) is 6.92 Å². The molecule has 1 aliphatic rings. The van der Waals surface area contributed by atoms with Crippen molar-refractivity contribution >= 4 is 5.95 Å². The van der Waals surface area contributed by atoms with Crippen molar-refractivity contribution < 1.29 is 20.1 Å². The highest BCUT2D eigenvalue weighted by Crippen LogP contribution is 2.30. The summed E-state index contributed by atoms with van der Waals surface area (Å²) in [6.07, 6.45) is -2.84. The summed E-state index contributed by atoms with van der Waals surface area (Å²) < 4.78 is 6.86. The number of hydrogen-bond donors (Lipinski definition) is 5. The van der Waals surface area contributed by atoms with Gasteiger partial charge in [0, 0.05) is 24.8 Å². The van der Waals surface area contributed by atoms with Gasteiger partial charge >= 0.3 is 0 Å². The van der Waals surface area contributed by atoms with Gasteiger partial charge in [0.1, 0.15) is 18.3 Å². The van der Waals surface area contributed by atoms with Crippen molar-refractivity contribution in [3.63, 3.8) is 0 Å². The molecule has 2 rings (SSSR count). The summed E-state index contributed by atoms with van der Waals surface area (Å²) in [6.45, 7) is 1.87. The number of aromatic nitrogens is 2. The number of aryl methyl sites for hydroxylation is 1. The second-order valence-corrected chi connectivity index (χ2v) is 4.90. The van der Waals surface area contributed by atoms with Crippen LogP contribution in [0.1, 0.15) is 11.8 Å². The summed E-state index contributed by atoms with van der Waals surface area (Å²) in [5, 5.41) is 31.9. The van der Waals surface area contributed by atoms with Crippen LogP contribution in [0.4, 0.5) is 5.95 Å². The Morgan fingerprint density at radius 2 is 2.19 bits per heavy atom. The number of nitrogens with two attached hydrogens (primary N) is 1. The number of aliphatic hydroxyl groups is 3. The van der Waals surface area contributed by atoms with Crippen LogP contribution in [0.2, 0.25) is 0 Å². The maximum Gasteiger partial charge on any atom is 0.277 e. The third-order valence-corrected chi connectivity index (χ3v) is 3.34. The van der Waals surface area contributed by atoms with Crippen LogP contribution >= 0.6 is 0 Å². The Bertz CT molecular complexity index is 549. The Balaban J connectivity index is 2.38. The Labute approximate surface area is 121 Å². The first-order valence-corrected chi connectivity index (χ1v) is 6.65. The molecule has 4 atom stereocenters. The standard InChI is InChI=1S/C12H20N4O5/c1-6-4-16(12(14-3-2-13)15-10(6)20)11-9(19)8(18)7(5-17)21-11/h4,7-9,11,17-19H,2-3,5,13H2,1H3,(H,14,15,20)/t7-,8-,9+,11-/m1/s1. The van der Waals surface area contributed by atoms with E-state index in [1.807, 2.05) is 0 Å². The van der Waals surface area contributed by atoms with Gasteiger partial charge in [0.25, 0.3) is 5.56 Å². The van der Waals surface area contributed by atoms with Gasteiger partial charge in [-0.15, -0.1) is 0 Å². The normalized spacial score (nSPS) is 28.8. The Kier molecular flexibility index (Phi) is 4.91. The molecule has 0 spiro atoms. The van der Waals surface area contributed by atoms with Gasteiger partial charge in [0.05, 0.1) is 6.61 Å². The lowest BCUT2D eigenvalue weighted by Crippen LogP contribution is -2.34. The van der Waals surface area contributed by atoms with Crippen LogP contribution < -0.4 is 16.6 Å². The number of nitrogens with zero attached hydrogens (tertiary/aromatic N) is 2. The average molecular weight is 300 g/mol. The fourth-order valence-corrected chi connectivity index (χ4v) is 2.19. The third-order valence-electron chi connectivity index (χ3n) is 3.34. The Morgan fingerprint density at radius 3 is 2.76 bits per heavy atom. The van der Waals surface area contributed by atoms with Crippen LogP contribution in [0.15, 0.2) is 11.0 Å². The number of aliphatic hydroxyl groups excluding tert-OH is 3. The fraction of sp³-hybridized carbons (Fsp3) is 0.667. The molecule has 6 N–H and O–H groups in total. The number of anilines is 1. The molecule has 1 fully saturated rings. The molecule has 0 bridgehead atoms. The molecule has 1 aromatic heterocycles. The predicted octanol–water partition coefficient (Wildman–Crippen LogP) is -2.47. The Morgan fingerprint density at radius 1 is 1.48 bits per heavy atom. The largest absolute Gasteiger partial charge is 0.394 e. The van der Waals surface area contributed by atoms with Crippen LogP contribution in [-0.2, 0) is 4.74 Å². The molecule has 1 aromatic rings. The zero-order valence-electron chi connectivity index (χ0n) is 11.6. The summed E-state index contributed by atoms with van der Waals surface area (Å²) in [5.74, 6) is 0.186. The SMILES string of the molecule is Cc1cn([C@@H]2O[C@H](CO)[C@@H](O)[C@@H]2O)c(NCCN)nc1=O. The van der Waals surface area contributed by atoms with E-state index >= 15 is 0 Å². The van der Waals surface area contributed by atoms with Crippen LogP contribution in [0.5, 0.6) is 0 Å². The van der Waals surface area contributed by atoms with Crippen molar-refractivity contribution in [2.75, 3.05) is 25.0 Å². The smallest absolute Gasteiger partial charge is 0.277 e. The van der Waals surface area contributed by atoms with E-state index in [1.165, 1.54) is 10.8 Å². The number of nitrogens with one attached hydrogen (secondary N) is 1.